The highest BCUT2D eigenvalue weighted by Gasteiger charge is 2.22. The number of nitrogens with zero attached hydrogens (tertiary/aromatic N) is 2. The Hall–Kier alpha value is -2.31. The molecule has 2 aliphatic rings. The van der Waals surface area contributed by atoms with E-state index in [1.807, 2.05) is 29.8 Å². The normalized spacial score (nSPS) is 18.3. The molecule has 5 rings (SSSR count). The molecule has 0 bridgehead atoms. The molecule has 1 saturated heterocycles. The average molecular weight is 456 g/mol. The van der Waals surface area contributed by atoms with Crippen LogP contribution in [0.4, 0.5) is 0 Å². The maximum Gasteiger partial charge on any atom is 0.272 e. The van der Waals surface area contributed by atoms with Crippen LogP contribution >= 0.6 is 11.6 Å². The number of benzene rings is 1. The predicted molar refractivity (Wildman–Crippen MR) is 124 cm³/mol. The third-order valence-corrected chi connectivity index (χ3v) is 6.99. The molecule has 0 spiro atoms. The van der Waals surface area contributed by atoms with Gasteiger partial charge in [0.25, 0.3) is 5.91 Å². The van der Waals surface area contributed by atoms with Crippen LogP contribution in [0.3, 0.4) is 0 Å². The van der Waals surface area contributed by atoms with E-state index in [-0.39, 0.29) is 11.9 Å². The first kappa shape index (κ1) is 21.5. The van der Waals surface area contributed by atoms with Crippen molar-refractivity contribution >= 4 is 28.5 Å². The standard InChI is InChI=1S/C25H30ClN3O3/c1-16-11-22(25(30)27-21-7-9-31-10-8-21)28-29(16)15-19-13-20(26)12-18-14-23(32-24(18)19)17-5-3-2-4-6-17/h11-14,17,21H,2-10,15H2,1H3,(H,27,30). The van der Waals surface area contributed by atoms with E-state index in [2.05, 4.69) is 16.5 Å². The van der Waals surface area contributed by atoms with Gasteiger partial charge in [-0.1, -0.05) is 30.9 Å². The zero-order valence-corrected chi connectivity index (χ0v) is 19.3. The van der Waals surface area contributed by atoms with Gasteiger partial charge >= 0.3 is 0 Å². The number of nitrogens with one attached hydrogen (secondary N) is 1. The van der Waals surface area contributed by atoms with Crippen LogP contribution in [-0.4, -0.2) is 34.9 Å². The van der Waals surface area contributed by atoms with Crippen molar-refractivity contribution in [2.24, 2.45) is 0 Å². The van der Waals surface area contributed by atoms with Crippen molar-refractivity contribution in [3.05, 3.63) is 52.0 Å². The van der Waals surface area contributed by atoms with Gasteiger partial charge in [0, 0.05) is 46.8 Å². The van der Waals surface area contributed by atoms with Crippen molar-refractivity contribution in [3.63, 3.8) is 0 Å². The smallest absolute Gasteiger partial charge is 0.272 e. The van der Waals surface area contributed by atoms with Crippen LogP contribution in [0, 0.1) is 6.92 Å². The van der Waals surface area contributed by atoms with Crippen molar-refractivity contribution < 1.29 is 13.9 Å². The molecule has 0 radical (unpaired) electrons. The van der Waals surface area contributed by atoms with Crippen LogP contribution in [0.5, 0.6) is 0 Å². The number of fused-ring (bicyclic) bond motifs is 1. The second-order valence-corrected chi connectivity index (χ2v) is 9.59. The molecule has 170 valence electrons. The molecule has 1 saturated carbocycles. The topological polar surface area (TPSA) is 69.3 Å². The Labute approximate surface area is 193 Å². The number of ether oxygens (including phenoxy) is 1. The van der Waals surface area contributed by atoms with Gasteiger partial charge in [0.05, 0.1) is 6.54 Å². The molecule has 1 N–H and O–H groups in total. The van der Waals surface area contributed by atoms with Crippen LogP contribution in [0.1, 0.15) is 78.4 Å². The van der Waals surface area contributed by atoms with E-state index in [1.165, 1.54) is 32.1 Å². The summed E-state index contributed by atoms with van der Waals surface area (Å²) in [6.45, 7) is 3.85. The highest BCUT2D eigenvalue weighted by Crippen LogP contribution is 2.37. The number of carbonyl (C=O) groups excluding carboxylic acids is 1. The second-order valence-electron chi connectivity index (χ2n) is 9.16. The summed E-state index contributed by atoms with van der Waals surface area (Å²) in [5, 5.41) is 9.40. The molecule has 0 unspecified atom stereocenters. The van der Waals surface area contributed by atoms with E-state index in [0.717, 1.165) is 40.8 Å². The van der Waals surface area contributed by atoms with Gasteiger partial charge in [0.2, 0.25) is 0 Å². The maximum atomic E-state index is 12.7. The lowest BCUT2D eigenvalue weighted by atomic mass is 9.87. The SMILES string of the molecule is Cc1cc(C(=O)NC2CCOCC2)nn1Cc1cc(Cl)cc2cc(C3CCCCC3)oc12. The van der Waals surface area contributed by atoms with E-state index in [9.17, 15) is 4.79 Å². The third-order valence-electron chi connectivity index (χ3n) is 6.78. The Morgan fingerprint density at radius 1 is 1.12 bits per heavy atom. The highest BCUT2D eigenvalue weighted by atomic mass is 35.5. The van der Waals surface area contributed by atoms with Crippen LogP contribution in [0.15, 0.2) is 28.7 Å². The van der Waals surface area contributed by atoms with E-state index in [0.29, 0.717) is 36.4 Å². The minimum atomic E-state index is -0.132. The summed E-state index contributed by atoms with van der Waals surface area (Å²) in [7, 11) is 0. The minimum Gasteiger partial charge on any atom is -0.460 e. The fourth-order valence-electron chi connectivity index (χ4n) is 4.95. The fraction of sp³-hybridized carbons (Fsp3) is 0.520. The zero-order valence-electron chi connectivity index (χ0n) is 18.5. The number of hydrogen-bond acceptors (Lipinski definition) is 4. The quantitative estimate of drug-likeness (QED) is 0.544. The number of hydrogen-bond donors (Lipinski definition) is 1. The van der Waals surface area contributed by atoms with E-state index in [4.69, 9.17) is 20.8 Å². The van der Waals surface area contributed by atoms with Gasteiger partial charge in [-0.25, -0.2) is 0 Å². The first-order chi connectivity index (χ1) is 15.6. The Balaban J connectivity index is 1.38. The van der Waals surface area contributed by atoms with Gasteiger partial charge in [-0.05, 0) is 56.9 Å². The second kappa shape index (κ2) is 9.28. The van der Waals surface area contributed by atoms with Gasteiger partial charge in [-0.15, -0.1) is 0 Å². The third kappa shape index (κ3) is 4.57. The molecular formula is C25H30ClN3O3. The van der Waals surface area contributed by atoms with Crippen LogP contribution in [0.2, 0.25) is 5.02 Å². The summed E-state index contributed by atoms with van der Waals surface area (Å²) < 4.78 is 13.6. The lowest BCUT2D eigenvalue weighted by Gasteiger charge is -2.22. The summed E-state index contributed by atoms with van der Waals surface area (Å²) in [6.07, 6.45) is 7.90. The molecule has 32 heavy (non-hydrogen) atoms. The Kier molecular flexibility index (Phi) is 6.24. The molecule has 7 heteroatoms. The molecule has 3 aromatic rings. The number of amides is 1. The molecule has 3 heterocycles. The summed E-state index contributed by atoms with van der Waals surface area (Å²) in [5.74, 6) is 1.43. The van der Waals surface area contributed by atoms with Gasteiger partial charge in [0.15, 0.2) is 0 Å². The summed E-state index contributed by atoms with van der Waals surface area (Å²) in [4.78, 5) is 12.7. The summed E-state index contributed by atoms with van der Waals surface area (Å²) in [6, 6.07) is 8.06. The average Bonchev–Trinajstić information content (AvgIpc) is 3.39. The number of furan rings is 1. The van der Waals surface area contributed by atoms with Crippen molar-refractivity contribution in [2.45, 2.75) is 70.4 Å². The number of aryl methyl sites for hydroxylation is 1. The molecule has 1 amide bonds. The van der Waals surface area contributed by atoms with E-state index in [1.54, 1.807) is 0 Å². The Bertz CT molecular complexity index is 1110. The van der Waals surface area contributed by atoms with Gasteiger partial charge in [-0.3, -0.25) is 9.48 Å². The number of halogens is 1. The zero-order chi connectivity index (χ0) is 22.1. The van der Waals surface area contributed by atoms with Crippen molar-refractivity contribution in [3.8, 4) is 0 Å². The first-order valence-electron chi connectivity index (χ1n) is 11.7. The highest BCUT2D eigenvalue weighted by molar-refractivity contribution is 6.31. The Morgan fingerprint density at radius 3 is 2.69 bits per heavy atom. The molecule has 0 atom stereocenters. The van der Waals surface area contributed by atoms with Crippen LogP contribution in [-0.2, 0) is 11.3 Å². The monoisotopic (exact) mass is 455 g/mol. The molecule has 2 aromatic heterocycles. The summed E-state index contributed by atoms with van der Waals surface area (Å²) >= 11 is 6.44. The predicted octanol–water partition coefficient (Wildman–Crippen LogP) is 5.60. The summed E-state index contributed by atoms with van der Waals surface area (Å²) in [5.41, 5.74) is 3.22. The van der Waals surface area contributed by atoms with Crippen molar-refractivity contribution in [2.75, 3.05) is 13.2 Å². The largest absolute Gasteiger partial charge is 0.460 e. The molecule has 6 nitrogen and oxygen atoms in total. The molecular weight excluding hydrogens is 426 g/mol. The van der Waals surface area contributed by atoms with Gasteiger partial charge < -0.3 is 14.5 Å². The lowest BCUT2D eigenvalue weighted by Crippen LogP contribution is -2.39. The van der Waals surface area contributed by atoms with Crippen molar-refractivity contribution in [1.82, 2.24) is 15.1 Å². The van der Waals surface area contributed by atoms with E-state index < -0.39 is 0 Å². The molecule has 1 aromatic carbocycles. The van der Waals surface area contributed by atoms with E-state index >= 15 is 0 Å². The van der Waals surface area contributed by atoms with Crippen LogP contribution in [0.25, 0.3) is 11.0 Å². The molecule has 2 fully saturated rings. The number of aromatic nitrogens is 2. The lowest BCUT2D eigenvalue weighted by molar-refractivity contribution is 0.0694. The minimum absolute atomic E-state index is 0.132. The fourth-order valence-corrected chi connectivity index (χ4v) is 5.20. The number of carbonyl (C=O) groups is 1. The van der Waals surface area contributed by atoms with Crippen molar-refractivity contribution in [1.29, 1.82) is 0 Å². The Morgan fingerprint density at radius 2 is 1.91 bits per heavy atom. The number of rotatable bonds is 5. The van der Waals surface area contributed by atoms with Crippen LogP contribution < -0.4 is 5.32 Å². The van der Waals surface area contributed by atoms with Gasteiger partial charge in [-0.2, -0.15) is 5.10 Å². The molecule has 1 aliphatic heterocycles. The first-order valence-corrected chi connectivity index (χ1v) is 12.1. The van der Waals surface area contributed by atoms with Gasteiger partial charge in [0.1, 0.15) is 17.0 Å². The maximum absolute atomic E-state index is 12.7. The molecule has 1 aliphatic carbocycles.